The van der Waals surface area contributed by atoms with Crippen LogP contribution in [0.3, 0.4) is 0 Å². The first kappa shape index (κ1) is 28.2. The van der Waals surface area contributed by atoms with Crippen molar-refractivity contribution < 1.29 is 36.4 Å². The van der Waals surface area contributed by atoms with E-state index < -0.39 is 0 Å². The summed E-state index contributed by atoms with van der Waals surface area (Å²) in [4.78, 5) is 0. The Kier molecular flexibility index (Phi) is 37.6. The van der Waals surface area contributed by atoms with Crippen LogP contribution in [0.15, 0.2) is 24.3 Å². The van der Waals surface area contributed by atoms with E-state index in [1.165, 1.54) is 0 Å². The second kappa shape index (κ2) is 24.0. The Morgan fingerprint density at radius 2 is 1.06 bits per heavy atom. The molecule has 0 radical (unpaired) electrons. The number of hydrogen-bond acceptors (Lipinski definition) is 0. The summed E-state index contributed by atoms with van der Waals surface area (Å²) in [6, 6.07) is 0. The Bertz CT molecular complexity index is 167. The van der Waals surface area contributed by atoms with Gasteiger partial charge in [-0.05, 0) is 13.8 Å². The van der Waals surface area contributed by atoms with Gasteiger partial charge in [0.15, 0.2) is 0 Å². The number of halogens is 4. The Morgan fingerprint density at radius 1 is 0.889 bits per heavy atom. The average molecular weight is 519 g/mol. The molecule has 0 saturated heterocycles. The van der Waals surface area contributed by atoms with Crippen molar-refractivity contribution in [3.63, 3.8) is 0 Å². The number of rotatable bonds is 4. The van der Waals surface area contributed by atoms with Gasteiger partial charge in [0.1, 0.15) is 0 Å². The van der Waals surface area contributed by atoms with Gasteiger partial charge in [-0.15, -0.1) is 23.2 Å². The molecule has 0 bridgehead atoms. The molecule has 0 nitrogen and oxygen atoms in total. The van der Waals surface area contributed by atoms with Crippen LogP contribution in [0.2, 0.25) is 0 Å². The van der Waals surface area contributed by atoms with Gasteiger partial charge in [-0.25, -0.2) is 0 Å². The summed E-state index contributed by atoms with van der Waals surface area (Å²) in [6.45, 7) is 18.3. The van der Waals surface area contributed by atoms with Gasteiger partial charge < -0.3 is 13.8 Å². The molecule has 0 spiro atoms. The van der Waals surface area contributed by atoms with Crippen LogP contribution in [0.25, 0.3) is 0 Å². The quantitative estimate of drug-likeness (QED) is 0.181. The monoisotopic (exact) mass is 516 g/mol. The number of hydrogen-bond donors (Lipinski definition) is 0. The van der Waals surface area contributed by atoms with Gasteiger partial charge in [0.25, 0.3) is 0 Å². The van der Waals surface area contributed by atoms with Crippen LogP contribution in [-0.4, -0.2) is 10.8 Å². The van der Waals surface area contributed by atoms with E-state index in [4.69, 9.17) is 23.2 Å². The van der Waals surface area contributed by atoms with Gasteiger partial charge in [0, 0.05) is 10.8 Å². The van der Waals surface area contributed by atoms with Crippen LogP contribution >= 0.6 is 42.3 Å². The Morgan fingerprint density at radius 3 is 1.06 bits per heavy atom. The predicted octanol–water partition coefficient (Wildman–Crippen LogP) is 6.16. The van der Waals surface area contributed by atoms with E-state index in [0.29, 0.717) is 0 Å². The molecule has 2 unspecified atom stereocenters. The first-order valence-corrected chi connectivity index (χ1v) is 9.65. The minimum absolute atomic E-state index is 0.0694. The topological polar surface area (TPSA) is 0 Å². The van der Waals surface area contributed by atoms with Crippen molar-refractivity contribution in [2.45, 2.75) is 37.4 Å². The molecule has 0 amide bonds. The summed E-state index contributed by atoms with van der Waals surface area (Å²) in [7, 11) is 8.98. The molecule has 0 fully saturated rings. The summed E-state index contributed by atoms with van der Waals surface area (Å²) in [5.41, 5.74) is 1.99. The third kappa shape index (κ3) is 26.5. The molecule has 0 rings (SSSR count). The van der Waals surface area contributed by atoms with Crippen molar-refractivity contribution in [3.8, 4) is 0 Å². The first-order valence-electron chi connectivity index (χ1n) is 4.78. The molecule has 18 heavy (non-hydrogen) atoms. The molecular formula is C12H20Cl4Pd2. The fourth-order valence-corrected chi connectivity index (χ4v) is 0.493. The molecule has 6 heteroatoms. The van der Waals surface area contributed by atoms with Crippen LogP contribution in [0.4, 0.5) is 0 Å². The van der Waals surface area contributed by atoms with Crippen molar-refractivity contribution in [3.05, 3.63) is 38.2 Å². The van der Waals surface area contributed by atoms with E-state index >= 15 is 0 Å². The fraction of sp³-hybridized carbons (Fsp3) is 0.500. The van der Waals surface area contributed by atoms with Crippen molar-refractivity contribution in [2.24, 2.45) is 0 Å². The summed E-state index contributed by atoms with van der Waals surface area (Å²) < 4.78 is 0. The van der Waals surface area contributed by atoms with E-state index in [2.05, 4.69) is 82.4 Å². The van der Waals surface area contributed by atoms with E-state index in [9.17, 15) is 0 Å². The number of allylic oxidation sites excluding steroid dienone is 2. The van der Waals surface area contributed by atoms with Gasteiger partial charge in [-0.3, -0.25) is 0 Å². The maximum atomic E-state index is 5.64. The fourth-order valence-electron chi connectivity index (χ4n) is 0.493. The average Bonchev–Trinajstić information content (AvgIpc) is 2.41. The van der Waals surface area contributed by atoms with Gasteiger partial charge in [-0.1, -0.05) is 24.3 Å². The van der Waals surface area contributed by atoms with Crippen LogP contribution in [0.5, 0.6) is 0 Å². The van der Waals surface area contributed by atoms with Crippen molar-refractivity contribution >= 4 is 42.3 Å². The van der Waals surface area contributed by atoms with Crippen LogP contribution in [0.1, 0.15) is 26.7 Å². The van der Waals surface area contributed by atoms with Crippen LogP contribution in [-0.2, 0) is 36.4 Å². The van der Waals surface area contributed by atoms with E-state index in [1.54, 1.807) is 0 Å². The summed E-state index contributed by atoms with van der Waals surface area (Å²) >= 11 is 15.7. The van der Waals surface area contributed by atoms with Crippen LogP contribution in [0, 0.1) is 13.8 Å². The zero-order valence-electron chi connectivity index (χ0n) is 10.5. The van der Waals surface area contributed by atoms with Crippen molar-refractivity contribution in [1.29, 1.82) is 0 Å². The molecule has 0 aliphatic rings. The number of alkyl halides is 2. The SMILES string of the molecule is C=C(C)C(Cl)C[CH2-].C=C(C)C(Cl)C[CH2-].[Cl][Pd+].[Cl][Pd+]. The molecule has 0 N–H and O–H groups in total. The Hall–Kier alpha value is 1.96. The van der Waals surface area contributed by atoms with E-state index in [1.807, 2.05) is 13.8 Å². The van der Waals surface area contributed by atoms with E-state index in [0.717, 1.165) is 24.0 Å². The first-order chi connectivity index (χ1) is 8.36. The third-order valence-corrected chi connectivity index (χ3v) is 2.76. The van der Waals surface area contributed by atoms with E-state index in [-0.39, 0.29) is 10.8 Å². The van der Waals surface area contributed by atoms with Crippen molar-refractivity contribution in [1.82, 2.24) is 0 Å². The molecule has 0 aliphatic heterocycles. The molecule has 0 aliphatic carbocycles. The van der Waals surface area contributed by atoms with Crippen LogP contribution < -0.4 is 0 Å². The minimum atomic E-state index is 0.0694. The Balaban J connectivity index is -0.0000000851. The zero-order valence-corrected chi connectivity index (χ0v) is 16.7. The molecular weight excluding hydrogens is 499 g/mol. The molecule has 0 aromatic heterocycles. The molecule has 116 valence electrons. The Labute approximate surface area is 153 Å². The predicted molar refractivity (Wildman–Crippen MR) is 80.6 cm³/mol. The summed E-state index contributed by atoms with van der Waals surface area (Å²) in [6.07, 6.45) is 1.47. The standard InChI is InChI=1S/2C6H10Cl.2ClH.2Pd/c2*1-4-6(7)5(2)3;;;;/h2*6H,1-2,4H2,3H3;2*1H;;/q2*-1;;;2*+2/p-2. The molecule has 0 aromatic rings. The maximum absolute atomic E-state index is 5.64. The normalized spacial score (nSPS) is 11.3. The second-order valence-corrected chi connectivity index (χ2v) is 4.26. The molecule has 0 aromatic carbocycles. The summed E-state index contributed by atoms with van der Waals surface area (Å²) in [5, 5.41) is 0.139. The zero-order chi connectivity index (χ0) is 15.7. The molecule has 0 heterocycles. The molecule has 2 atom stereocenters. The van der Waals surface area contributed by atoms with Gasteiger partial charge >= 0.3 is 55.4 Å². The van der Waals surface area contributed by atoms with Crippen molar-refractivity contribution in [2.75, 3.05) is 0 Å². The van der Waals surface area contributed by atoms with Gasteiger partial charge in [-0.2, -0.15) is 12.8 Å². The van der Waals surface area contributed by atoms with Gasteiger partial charge in [0.05, 0.1) is 0 Å². The summed E-state index contributed by atoms with van der Waals surface area (Å²) in [5.74, 6) is 0. The van der Waals surface area contributed by atoms with Gasteiger partial charge in [0.2, 0.25) is 0 Å². The second-order valence-electron chi connectivity index (χ2n) is 3.21. The third-order valence-electron chi connectivity index (χ3n) is 1.58. The molecule has 0 saturated carbocycles.